The number of hydrogen-bond donors (Lipinski definition) is 2. The minimum atomic E-state index is -1.05. The first-order chi connectivity index (χ1) is 9.27. The Morgan fingerprint density at radius 2 is 1.90 bits per heavy atom. The molecule has 0 spiro atoms. The summed E-state index contributed by atoms with van der Waals surface area (Å²) in [7, 11) is 1.17. The maximum absolute atomic E-state index is 12.0. The highest BCUT2D eigenvalue weighted by Gasteiger charge is 2.22. The van der Waals surface area contributed by atoms with Gasteiger partial charge in [-0.3, -0.25) is 19.5 Å². The normalized spacial score (nSPS) is 11.8. The third-order valence-electron chi connectivity index (χ3n) is 2.93. The summed E-state index contributed by atoms with van der Waals surface area (Å²) in [6, 6.07) is -1.05. The van der Waals surface area contributed by atoms with Crippen molar-refractivity contribution in [1.82, 2.24) is 15.1 Å². The summed E-state index contributed by atoms with van der Waals surface area (Å²) < 4.78 is 5.54. The van der Waals surface area contributed by atoms with E-state index in [1.165, 1.54) is 27.9 Å². The fraction of sp³-hybridized carbons (Fsp3) is 0.500. The van der Waals surface area contributed by atoms with Crippen molar-refractivity contribution in [1.29, 1.82) is 0 Å². The van der Waals surface area contributed by atoms with Gasteiger partial charge in [0.2, 0.25) is 5.91 Å². The predicted octanol–water partition coefficient (Wildman–Crippen LogP) is -1.17. The lowest BCUT2D eigenvalue weighted by Gasteiger charge is -2.17. The Morgan fingerprint density at radius 3 is 2.40 bits per heavy atom. The first kappa shape index (κ1) is 15.7. The number of rotatable bonds is 4. The smallest absolute Gasteiger partial charge is 0.330 e. The molecular formula is C12H17N3O5. The van der Waals surface area contributed by atoms with E-state index >= 15 is 0 Å². The number of aromatic amines is 1. The molecule has 0 saturated carbocycles. The average molecular weight is 283 g/mol. The second kappa shape index (κ2) is 6.18. The Bertz CT molecular complexity index is 643. The molecule has 0 radical (unpaired) electrons. The molecule has 0 aliphatic rings. The van der Waals surface area contributed by atoms with Crippen molar-refractivity contribution in [2.24, 2.45) is 0 Å². The van der Waals surface area contributed by atoms with E-state index in [0.29, 0.717) is 11.1 Å². The van der Waals surface area contributed by atoms with E-state index in [0.717, 1.165) is 4.68 Å². The van der Waals surface area contributed by atoms with Crippen LogP contribution in [0.3, 0.4) is 0 Å². The lowest BCUT2D eigenvalue weighted by Crippen LogP contribution is -2.47. The number of nitrogens with one attached hydrogen (secondary N) is 2. The van der Waals surface area contributed by atoms with E-state index < -0.39 is 29.0 Å². The lowest BCUT2D eigenvalue weighted by atomic mass is 10.2. The van der Waals surface area contributed by atoms with Crippen LogP contribution in [0.15, 0.2) is 9.59 Å². The van der Waals surface area contributed by atoms with Gasteiger partial charge in [-0.15, -0.1) is 0 Å². The lowest BCUT2D eigenvalue weighted by molar-refractivity contribution is -0.145. The largest absolute Gasteiger partial charge is 0.467 e. The van der Waals surface area contributed by atoms with Gasteiger partial charge in [0, 0.05) is 18.1 Å². The van der Waals surface area contributed by atoms with Crippen LogP contribution in [0.25, 0.3) is 0 Å². The predicted molar refractivity (Wildman–Crippen MR) is 70.4 cm³/mol. The quantitative estimate of drug-likeness (QED) is 0.677. The van der Waals surface area contributed by atoms with Crippen LogP contribution in [0.2, 0.25) is 0 Å². The molecule has 8 heteroatoms. The van der Waals surface area contributed by atoms with Crippen molar-refractivity contribution in [3.05, 3.63) is 31.8 Å². The van der Waals surface area contributed by atoms with Crippen molar-refractivity contribution in [2.75, 3.05) is 7.11 Å². The summed E-state index contributed by atoms with van der Waals surface area (Å²) in [5.41, 5.74) is -0.240. The van der Waals surface area contributed by atoms with Gasteiger partial charge in [-0.25, -0.2) is 9.48 Å². The van der Waals surface area contributed by atoms with Crippen LogP contribution in [0.1, 0.15) is 18.1 Å². The summed E-state index contributed by atoms with van der Waals surface area (Å²) >= 11 is 0. The van der Waals surface area contributed by atoms with E-state index in [9.17, 15) is 19.2 Å². The maximum atomic E-state index is 12.0. The Morgan fingerprint density at radius 1 is 1.30 bits per heavy atom. The van der Waals surface area contributed by atoms with Gasteiger partial charge in [0.15, 0.2) is 0 Å². The second-order valence-corrected chi connectivity index (χ2v) is 4.38. The zero-order chi connectivity index (χ0) is 15.4. The number of carbonyl (C=O) groups is 2. The van der Waals surface area contributed by atoms with Gasteiger partial charge in [0.25, 0.3) is 11.1 Å². The third-order valence-corrected chi connectivity index (χ3v) is 2.93. The number of H-pyrrole nitrogens is 1. The number of hydrogen-bond acceptors (Lipinski definition) is 5. The van der Waals surface area contributed by atoms with E-state index in [4.69, 9.17) is 0 Å². The number of aromatic nitrogens is 2. The van der Waals surface area contributed by atoms with Crippen LogP contribution in [0.4, 0.5) is 0 Å². The molecule has 8 nitrogen and oxygen atoms in total. The van der Waals surface area contributed by atoms with E-state index in [1.807, 2.05) is 0 Å². The molecule has 1 aromatic heterocycles. The van der Waals surface area contributed by atoms with Gasteiger partial charge in [0.05, 0.1) is 13.7 Å². The molecule has 1 heterocycles. The monoisotopic (exact) mass is 283 g/mol. The highest BCUT2D eigenvalue weighted by molar-refractivity contribution is 5.83. The van der Waals surface area contributed by atoms with E-state index in [2.05, 4.69) is 15.2 Å². The average Bonchev–Trinajstić information content (AvgIpc) is 2.40. The summed E-state index contributed by atoms with van der Waals surface area (Å²) in [6.07, 6.45) is 0. The molecule has 110 valence electrons. The molecule has 1 unspecified atom stereocenters. The highest BCUT2D eigenvalue weighted by Crippen LogP contribution is 1.95. The number of amides is 1. The van der Waals surface area contributed by atoms with Crippen LogP contribution < -0.4 is 16.4 Å². The Balaban J connectivity index is 3.18. The molecular weight excluding hydrogens is 266 g/mol. The maximum Gasteiger partial charge on any atom is 0.330 e. The third kappa shape index (κ3) is 3.34. The van der Waals surface area contributed by atoms with E-state index in [-0.39, 0.29) is 6.54 Å². The summed E-state index contributed by atoms with van der Waals surface area (Å²) in [5, 5.41) is 4.72. The molecule has 0 aliphatic carbocycles. The van der Waals surface area contributed by atoms with Crippen LogP contribution in [0.5, 0.6) is 0 Å². The highest BCUT2D eigenvalue weighted by atomic mass is 16.5. The summed E-state index contributed by atoms with van der Waals surface area (Å²) in [5.74, 6) is -1.15. The van der Waals surface area contributed by atoms with Gasteiger partial charge in [0.1, 0.15) is 6.04 Å². The topological polar surface area (TPSA) is 110 Å². The number of nitrogens with zero attached hydrogens (tertiary/aromatic N) is 1. The van der Waals surface area contributed by atoms with Gasteiger partial charge in [-0.1, -0.05) is 0 Å². The van der Waals surface area contributed by atoms with Gasteiger partial charge >= 0.3 is 5.97 Å². The molecule has 2 N–H and O–H groups in total. The molecule has 0 aliphatic heterocycles. The second-order valence-electron chi connectivity index (χ2n) is 4.38. The van der Waals surface area contributed by atoms with Crippen molar-refractivity contribution in [3.63, 3.8) is 0 Å². The first-order valence-corrected chi connectivity index (χ1v) is 5.93. The van der Waals surface area contributed by atoms with Crippen LogP contribution in [-0.2, 0) is 20.9 Å². The Hall–Kier alpha value is -2.38. The van der Waals surface area contributed by atoms with Crippen molar-refractivity contribution in [2.45, 2.75) is 33.4 Å². The molecule has 20 heavy (non-hydrogen) atoms. The first-order valence-electron chi connectivity index (χ1n) is 5.93. The zero-order valence-corrected chi connectivity index (χ0v) is 11.8. The standard InChI is InChI=1S/C12H17N3O5/c1-6-7(2)11(18)15(14-10(6)17)5-9(12(19)20-4)13-8(3)16/h9H,5H2,1-4H3,(H,13,16)(H,14,17). The van der Waals surface area contributed by atoms with Gasteiger partial charge in [-0.05, 0) is 13.8 Å². The minimum Gasteiger partial charge on any atom is -0.467 e. The molecule has 1 rings (SSSR count). The van der Waals surface area contributed by atoms with Crippen molar-refractivity contribution >= 4 is 11.9 Å². The molecule has 0 fully saturated rings. The zero-order valence-electron chi connectivity index (χ0n) is 11.8. The molecule has 0 saturated heterocycles. The molecule has 1 atom stereocenters. The van der Waals surface area contributed by atoms with Crippen LogP contribution in [-0.4, -0.2) is 34.8 Å². The number of methoxy groups -OCH3 is 1. The number of esters is 1. The van der Waals surface area contributed by atoms with Crippen LogP contribution in [0, 0.1) is 13.8 Å². The molecule has 0 bridgehead atoms. The van der Waals surface area contributed by atoms with Crippen molar-refractivity contribution < 1.29 is 14.3 Å². The fourth-order valence-corrected chi connectivity index (χ4v) is 1.67. The molecule has 1 amide bonds. The molecule has 0 aromatic carbocycles. The van der Waals surface area contributed by atoms with E-state index in [1.54, 1.807) is 0 Å². The molecule has 1 aromatic rings. The number of ether oxygens (including phenoxy) is 1. The van der Waals surface area contributed by atoms with Gasteiger partial charge < -0.3 is 10.1 Å². The van der Waals surface area contributed by atoms with Gasteiger partial charge in [-0.2, -0.15) is 0 Å². The number of carbonyl (C=O) groups excluding carboxylic acids is 2. The fourth-order valence-electron chi connectivity index (χ4n) is 1.67. The minimum absolute atomic E-state index is 0.207. The van der Waals surface area contributed by atoms with Crippen LogP contribution >= 0.6 is 0 Å². The summed E-state index contributed by atoms with van der Waals surface area (Å²) in [6.45, 7) is 4.09. The Kier molecular flexibility index (Phi) is 4.84. The SMILES string of the molecule is COC(=O)C(Cn1[nH]c(=O)c(C)c(C)c1=O)NC(C)=O. The summed E-state index contributed by atoms with van der Waals surface area (Å²) in [4.78, 5) is 46.3. The van der Waals surface area contributed by atoms with Crippen molar-refractivity contribution in [3.8, 4) is 0 Å². The Labute approximate surface area is 114 Å².